The monoisotopic (exact) mass is 673 g/mol. The van der Waals surface area contributed by atoms with Crippen molar-refractivity contribution in [1.29, 1.82) is 0 Å². The van der Waals surface area contributed by atoms with Gasteiger partial charge in [-0.3, -0.25) is 24.7 Å². The number of nitrogens with one attached hydrogen (secondary N) is 1. The molecule has 1 fully saturated rings. The predicted molar refractivity (Wildman–Crippen MR) is 172 cm³/mol. The van der Waals surface area contributed by atoms with E-state index in [1.807, 2.05) is 31.9 Å². The number of methoxy groups -OCH3 is 2. The topological polar surface area (TPSA) is 148 Å². The number of carbonyl (C=O) groups excluding carboxylic acids is 2. The lowest BCUT2D eigenvalue weighted by Gasteiger charge is -2.61. The van der Waals surface area contributed by atoms with Crippen molar-refractivity contribution in [3.63, 3.8) is 0 Å². The minimum atomic E-state index is -1.00. The van der Waals surface area contributed by atoms with Crippen LogP contribution in [0.1, 0.15) is 64.6 Å². The molecule has 1 unspecified atom stereocenters. The van der Waals surface area contributed by atoms with Gasteiger partial charge in [0.2, 0.25) is 6.79 Å². The number of carbonyl (C=O) groups is 2. The Kier molecular flexibility index (Phi) is 9.53. The molecule has 2 aromatic rings. The highest BCUT2D eigenvalue weighted by Gasteiger charge is 2.60. The van der Waals surface area contributed by atoms with Crippen LogP contribution in [-0.4, -0.2) is 104 Å². The number of hydrogen-bond donors (Lipinski definition) is 3. The van der Waals surface area contributed by atoms with Gasteiger partial charge < -0.3 is 38.6 Å². The Morgan fingerprint density at radius 3 is 2.62 bits per heavy atom. The molecule has 4 heterocycles. The molecule has 0 aromatic heterocycles. The summed E-state index contributed by atoms with van der Waals surface area (Å²) in [5.74, 6) is 1.83. The Labute approximate surface area is 278 Å². The van der Waals surface area contributed by atoms with Gasteiger partial charge in [-0.2, -0.15) is 11.8 Å². The molecule has 7 atom stereocenters. The molecule has 2 aromatic carbocycles. The van der Waals surface area contributed by atoms with Crippen LogP contribution in [-0.2, 0) is 25.5 Å². The highest BCUT2D eigenvalue weighted by molar-refractivity contribution is 7.99. The van der Waals surface area contributed by atoms with E-state index in [0.717, 1.165) is 11.1 Å². The summed E-state index contributed by atoms with van der Waals surface area (Å²) in [5.41, 5.74) is 4.40. The molecule has 0 amide bonds. The second-order valence-corrected chi connectivity index (χ2v) is 13.7. The van der Waals surface area contributed by atoms with Crippen LogP contribution in [0.5, 0.6) is 28.7 Å². The number of esters is 1. The van der Waals surface area contributed by atoms with Gasteiger partial charge in [0.25, 0.3) is 6.47 Å². The predicted octanol–water partition coefficient (Wildman–Crippen LogP) is 2.86. The van der Waals surface area contributed by atoms with Crippen molar-refractivity contribution in [3.8, 4) is 28.7 Å². The number of piperazine rings is 1. The van der Waals surface area contributed by atoms with Crippen molar-refractivity contribution < 1.29 is 48.2 Å². The number of thioether (sulfide) groups is 1. The third-order valence-electron chi connectivity index (χ3n) is 9.80. The average Bonchev–Trinajstić information content (AvgIpc) is 3.52. The van der Waals surface area contributed by atoms with Gasteiger partial charge in [-0.15, -0.1) is 0 Å². The number of benzene rings is 2. The smallest absolute Gasteiger partial charge is 0.308 e. The summed E-state index contributed by atoms with van der Waals surface area (Å²) in [6.07, 6.45) is -0.532. The number of aliphatic hydroxyl groups is 1. The van der Waals surface area contributed by atoms with E-state index in [0.29, 0.717) is 70.6 Å². The van der Waals surface area contributed by atoms with E-state index in [2.05, 4.69) is 17.1 Å². The Hall–Kier alpha value is -3.27. The Morgan fingerprint density at radius 1 is 1.19 bits per heavy atom. The fourth-order valence-corrected chi connectivity index (χ4v) is 9.41. The minimum Gasteiger partial charge on any atom is -0.504 e. The molecule has 0 spiro atoms. The summed E-state index contributed by atoms with van der Waals surface area (Å²) in [5, 5.41) is 27.1. The first kappa shape index (κ1) is 33.6. The molecule has 256 valence electrons. The summed E-state index contributed by atoms with van der Waals surface area (Å²) < 4.78 is 34.4. The van der Waals surface area contributed by atoms with E-state index in [9.17, 15) is 19.8 Å². The summed E-state index contributed by atoms with van der Waals surface area (Å²) in [4.78, 5) is 28.5. The Bertz CT molecular complexity index is 1560. The van der Waals surface area contributed by atoms with E-state index in [-0.39, 0.29) is 31.2 Å². The van der Waals surface area contributed by atoms with Gasteiger partial charge in [0, 0.05) is 54.1 Å². The molecule has 13 nitrogen and oxygen atoms in total. The third kappa shape index (κ3) is 5.48. The standard InChI is InChI=1S/C33H43N3O10S/c1-15-8-19-9-20-33(40)36-21(10-43-13-37)23-24(29(46-18(4)38)17(3)30-31(23)45-14-44-30)32(47-11-16(2)34-12-41-6)26(36)25(35(20)5)22(19)27(39)28(15)42-7/h8,13,16,20-21,25-26,32-34,39-40H,9-12,14H2,1-7H3/t16-,20+,21+,25+,26?,32-,33+/m1/s1. The van der Waals surface area contributed by atoms with Gasteiger partial charge in [0.05, 0.1) is 37.2 Å². The van der Waals surface area contributed by atoms with E-state index < -0.39 is 35.6 Å². The molecule has 0 aliphatic carbocycles. The SMILES string of the molecule is COCN[C@H](C)CS[C@@H]1c2c(OC(C)=O)c(C)c3c(c2[C@H](COC=O)N2C1[C@@H]1c4c(cc(C)c(OC)c4O)C[C@@H]([C@@H]2O)N1C)OCO3. The van der Waals surface area contributed by atoms with Crippen LogP contribution in [0, 0.1) is 13.8 Å². The average molecular weight is 674 g/mol. The molecule has 0 radical (unpaired) electrons. The number of aromatic hydroxyl groups is 1. The summed E-state index contributed by atoms with van der Waals surface area (Å²) in [7, 11) is 5.12. The van der Waals surface area contributed by atoms with Crippen molar-refractivity contribution >= 4 is 24.2 Å². The first-order valence-electron chi connectivity index (χ1n) is 15.7. The van der Waals surface area contributed by atoms with Crippen LogP contribution < -0.4 is 24.3 Å². The van der Waals surface area contributed by atoms with Crippen molar-refractivity contribution in [2.75, 3.05) is 47.2 Å². The summed E-state index contributed by atoms with van der Waals surface area (Å²) >= 11 is 1.64. The lowest BCUT2D eigenvalue weighted by atomic mass is 9.73. The first-order valence-corrected chi connectivity index (χ1v) is 16.7. The zero-order chi connectivity index (χ0) is 33.7. The highest BCUT2D eigenvalue weighted by Crippen LogP contribution is 2.63. The second kappa shape index (κ2) is 13.3. The molecule has 2 bridgehead atoms. The van der Waals surface area contributed by atoms with Gasteiger partial charge in [-0.05, 0) is 45.4 Å². The molecule has 14 heteroatoms. The molecule has 47 heavy (non-hydrogen) atoms. The van der Waals surface area contributed by atoms with Crippen LogP contribution >= 0.6 is 11.8 Å². The first-order chi connectivity index (χ1) is 22.5. The molecule has 0 saturated carbocycles. The fourth-order valence-electron chi connectivity index (χ4n) is 7.91. The zero-order valence-electron chi connectivity index (χ0n) is 27.7. The molecule has 6 rings (SSSR count). The lowest BCUT2D eigenvalue weighted by Crippen LogP contribution is -2.69. The maximum Gasteiger partial charge on any atom is 0.308 e. The number of fused-ring (bicyclic) bond motifs is 9. The molecular weight excluding hydrogens is 630 g/mol. The summed E-state index contributed by atoms with van der Waals surface area (Å²) in [6.45, 7) is 7.73. The van der Waals surface area contributed by atoms with Gasteiger partial charge in [0.1, 0.15) is 18.6 Å². The number of nitrogens with zero attached hydrogens (tertiary/aromatic N) is 2. The second-order valence-electron chi connectivity index (χ2n) is 12.6. The quantitative estimate of drug-likeness (QED) is 0.139. The number of rotatable bonds is 11. The number of phenolic OH excluding ortho intramolecular Hbond substituents is 1. The third-order valence-corrected chi connectivity index (χ3v) is 11.4. The van der Waals surface area contributed by atoms with E-state index in [4.69, 9.17) is 28.4 Å². The van der Waals surface area contributed by atoms with Crippen molar-refractivity contribution in [1.82, 2.24) is 15.1 Å². The van der Waals surface area contributed by atoms with E-state index >= 15 is 0 Å². The number of aryl methyl sites for hydroxylation is 1. The van der Waals surface area contributed by atoms with E-state index in [1.54, 1.807) is 18.9 Å². The van der Waals surface area contributed by atoms with Gasteiger partial charge in [0.15, 0.2) is 23.0 Å². The van der Waals surface area contributed by atoms with Gasteiger partial charge in [-0.1, -0.05) is 6.07 Å². The number of ether oxygens (including phenoxy) is 6. The van der Waals surface area contributed by atoms with E-state index in [1.165, 1.54) is 14.0 Å². The summed E-state index contributed by atoms with van der Waals surface area (Å²) in [6, 6.07) is 0.0468. The van der Waals surface area contributed by atoms with Crippen LogP contribution in [0.15, 0.2) is 6.07 Å². The molecule has 4 aliphatic rings. The highest BCUT2D eigenvalue weighted by atomic mass is 32.2. The maximum absolute atomic E-state index is 12.7. The Balaban J connectivity index is 1.64. The molecule has 1 saturated heterocycles. The van der Waals surface area contributed by atoms with Crippen LogP contribution in [0.2, 0.25) is 0 Å². The Morgan fingerprint density at radius 2 is 1.94 bits per heavy atom. The van der Waals surface area contributed by atoms with Crippen molar-refractivity contribution in [3.05, 3.63) is 39.4 Å². The number of likely N-dealkylation sites (N-methyl/N-ethyl adjacent to an activating group) is 1. The van der Waals surface area contributed by atoms with Gasteiger partial charge in [-0.25, -0.2) is 0 Å². The molecule has 3 N–H and O–H groups in total. The fraction of sp³-hybridized carbons (Fsp3) is 0.576. The number of aliphatic hydroxyl groups excluding tert-OH is 1. The number of hydrogen-bond acceptors (Lipinski definition) is 14. The largest absolute Gasteiger partial charge is 0.504 e. The van der Waals surface area contributed by atoms with Crippen LogP contribution in [0.25, 0.3) is 0 Å². The van der Waals surface area contributed by atoms with Crippen molar-refractivity contribution in [2.24, 2.45) is 0 Å². The maximum atomic E-state index is 12.7. The van der Waals surface area contributed by atoms with Crippen molar-refractivity contribution in [2.45, 2.75) is 75.8 Å². The van der Waals surface area contributed by atoms with Crippen LogP contribution in [0.3, 0.4) is 0 Å². The van der Waals surface area contributed by atoms with Crippen LogP contribution in [0.4, 0.5) is 0 Å². The molecule has 4 aliphatic heterocycles. The van der Waals surface area contributed by atoms with Gasteiger partial charge >= 0.3 is 5.97 Å². The minimum absolute atomic E-state index is 0.0223. The normalized spacial score (nSPS) is 26.6. The lowest BCUT2D eigenvalue weighted by molar-refractivity contribution is -0.181. The number of phenols is 1. The molecular formula is C33H43N3O10S. The zero-order valence-corrected chi connectivity index (χ0v) is 28.5.